The molecule has 0 spiro atoms. The van der Waals surface area contributed by atoms with E-state index in [1.807, 2.05) is 6.07 Å². The van der Waals surface area contributed by atoms with Crippen molar-refractivity contribution in [3.63, 3.8) is 0 Å². The molecule has 1 heterocycles. The van der Waals surface area contributed by atoms with E-state index in [0.717, 1.165) is 11.3 Å². The smallest absolute Gasteiger partial charge is 0.331 e. The zero-order chi connectivity index (χ0) is 19.9. The van der Waals surface area contributed by atoms with Crippen LogP contribution in [0.25, 0.3) is 17.0 Å². The highest BCUT2D eigenvalue weighted by Gasteiger charge is 2.12. The van der Waals surface area contributed by atoms with Gasteiger partial charge in [-0.1, -0.05) is 24.3 Å². The molecule has 1 aromatic heterocycles. The molecule has 0 aliphatic heterocycles. The van der Waals surface area contributed by atoms with Crippen molar-refractivity contribution in [2.45, 2.75) is 13.2 Å². The molecule has 7 heteroatoms. The fourth-order valence-electron chi connectivity index (χ4n) is 2.62. The summed E-state index contributed by atoms with van der Waals surface area (Å²) in [6, 6.07) is 15.9. The molecule has 0 saturated heterocycles. The summed E-state index contributed by atoms with van der Waals surface area (Å²) in [5.41, 5.74) is 0.955. The van der Waals surface area contributed by atoms with Crippen LogP contribution in [0.5, 0.6) is 5.75 Å². The first-order chi connectivity index (χ1) is 13.6. The molecule has 0 saturated carbocycles. The van der Waals surface area contributed by atoms with Crippen LogP contribution in [0, 0.1) is 11.3 Å². The van der Waals surface area contributed by atoms with Crippen LogP contribution in [0.4, 0.5) is 0 Å². The Morgan fingerprint density at radius 2 is 1.96 bits per heavy atom. The number of fused-ring (bicyclic) bond motifs is 1. The second kappa shape index (κ2) is 8.64. The van der Waals surface area contributed by atoms with Crippen LogP contribution in [-0.4, -0.2) is 22.6 Å². The molecular weight excluding hydrogens is 358 g/mol. The summed E-state index contributed by atoms with van der Waals surface area (Å²) in [6.45, 7) is -0.390. The van der Waals surface area contributed by atoms with Gasteiger partial charge in [-0.25, -0.2) is 9.78 Å². The first kappa shape index (κ1) is 18.9. The van der Waals surface area contributed by atoms with Crippen molar-refractivity contribution in [2.24, 2.45) is 0 Å². The Kier molecular flexibility index (Phi) is 5.82. The van der Waals surface area contributed by atoms with Gasteiger partial charge in [0, 0.05) is 6.08 Å². The van der Waals surface area contributed by atoms with E-state index in [1.54, 1.807) is 61.7 Å². The lowest BCUT2D eigenvalue weighted by molar-refractivity contribution is -0.139. The molecule has 0 unspecified atom stereocenters. The van der Waals surface area contributed by atoms with Gasteiger partial charge < -0.3 is 9.47 Å². The number of nitriles is 1. The van der Waals surface area contributed by atoms with E-state index in [9.17, 15) is 9.59 Å². The van der Waals surface area contributed by atoms with E-state index >= 15 is 0 Å². The number of nitrogens with zero attached hydrogens (tertiary/aromatic N) is 3. The Morgan fingerprint density at radius 1 is 1.21 bits per heavy atom. The zero-order valence-corrected chi connectivity index (χ0v) is 15.2. The molecule has 28 heavy (non-hydrogen) atoms. The minimum Gasteiger partial charge on any atom is -0.497 e. The average Bonchev–Trinajstić information content (AvgIpc) is 2.73. The lowest BCUT2D eigenvalue weighted by Crippen LogP contribution is -2.26. The van der Waals surface area contributed by atoms with Crippen LogP contribution in [0.3, 0.4) is 0 Å². The van der Waals surface area contributed by atoms with Crippen LogP contribution in [-0.2, 0) is 22.7 Å². The number of carbonyl (C=O) groups excluding carboxylic acids is 1. The Bertz CT molecular complexity index is 1130. The van der Waals surface area contributed by atoms with Crippen molar-refractivity contribution < 1.29 is 14.3 Å². The zero-order valence-electron chi connectivity index (χ0n) is 15.2. The van der Waals surface area contributed by atoms with E-state index in [0.29, 0.717) is 10.9 Å². The molecule has 0 atom stereocenters. The molecular formula is C21H17N3O4. The molecule has 0 N–H and O–H groups in total. The summed E-state index contributed by atoms with van der Waals surface area (Å²) in [5.74, 6) is 0.357. The van der Waals surface area contributed by atoms with Crippen LogP contribution in [0.1, 0.15) is 11.4 Å². The number of rotatable bonds is 6. The third kappa shape index (κ3) is 4.24. The SMILES string of the molecule is COc1ccc(C=CC(=O)OCc2nc3ccccc3c(=O)n2CC#N)cc1. The topological polar surface area (TPSA) is 94.2 Å². The van der Waals surface area contributed by atoms with Crippen LogP contribution in [0.2, 0.25) is 0 Å². The summed E-state index contributed by atoms with van der Waals surface area (Å²) < 4.78 is 11.5. The quantitative estimate of drug-likeness (QED) is 0.486. The maximum Gasteiger partial charge on any atom is 0.331 e. The van der Waals surface area contributed by atoms with Gasteiger partial charge in [-0.3, -0.25) is 9.36 Å². The molecule has 7 nitrogen and oxygen atoms in total. The van der Waals surface area contributed by atoms with E-state index in [4.69, 9.17) is 14.7 Å². The Labute approximate surface area is 161 Å². The number of methoxy groups -OCH3 is 1. The average molecular weight is 375 g/mol. The number of benzene rings is 2. The minimum absolute atomic E-state index is 0.175. The van der Waals surface area contributed by atoms with Gasteiger partial charge in [0.1, 0.15) is 18.9 Å². The first-order valence-corrected chi connectivity index (χ1v) is 8.46. The Balaban J connectivity index is 1.76. The van der Waals surface area contributed by atoms with Crippen LogP contribution in [0.15, 0.2) is 59.4 Å². The molecule has 0 bridgehead atoms. The fourth-order valence-corrected chi connectivity index (χ4v) is 2.62. The summed E-state index contributed by atoms with van der Waals surface area (Å²) in [4.78, 5) is 28.9. The van der Waals surface area contributed by atoms with E-state index in [1.165, 1.54) is 10.6 Å². The molecule has 0 radical (unpaired) electrons. The Morgan fingerprint density at radius 3 is 2.68 bits per heavy atom. The van der Waals surface area contributed by atoms with Gasteiger partial charge in [-0.05, 0) is 35.9 Å². The van der Waals surface area contributed by atoms with Gasteiger partial charge in [0.05, 0.1) is 24.1 Å². The maximum atomic E-state index is 12.6. The summed E-state index contributed by atoms with van der Waals surface area (Å²) >= 11 is 0. The van der Waals surface area contributed by atoms with Gasteiger partial charge in [-0.2, -0.15) is 5.26 Å². The highest BCUT2D eigenvalue weighted by molar-refractivity contribution is 5.87. The first-order valence-electron chi connectivity index (χ1n) is 8.46. The summed E-state index contributed by atoms with van der Waals surface area (Å²) in [5, 5.41) is 9.41. The van der Waals surface area contributed by atoms with Crippen LogP contribution < -0.4 is 10.3 Å². The lowest BCUT2D eigenvalue weighted by Gasteiger charge is -2.10. The molecule has 3 aromatic rings. The number of aromatic nitrogens is 2. The van der Waals surface area contributed by atoms with E-state index < -0.39 is 5.97 Å². The maximum absolute atomic E-state index is 12.6. The minimum atomic E-state index is -0.582. The highest BCUT2D eigenvalue weighted by atomic mass is 16.5. The Hall–Kier alpha value is -3.92. The van der Waals surface area contributed by atoms with Crippen molar-refractivity contribution in [1.29, 1.82) is 5.26 Å². The molecule has 0 amide bonds. The van der Waals surface area contributed by atoms with Gasteiger partial charge in [0.15, 0.2) is 5.82 Å². The fraction of sp³-hybridized carbons (Fsp3) is 0.143. The molecule has 140 valence electrons. The number of esters is 1. The second-order valence-electron chi connectivity index (χ2n) is 5.81. The number of carbonyl (C=O) groups is 1. The van der Waals surface area contributed by atoms with E-state index in [2.05, 4.69) is 4.98 Å². The number of ether oxygens (including phenoxy) is 2. The predicted octanol–water partition coefficient (Wildman–Crippen LogP) is 2.69. The highest BCUT2D eigenvalue weighted by Crippen LogP contribution is 2.13. The van der Waals surface area contributed by atoms with Crippen molar-refractivity contribution in [2.75, 3.05) is 7.11 Å². The van der Waals surface area contributed by atoms with E-state index in [-0.39, 0.29) is 24.5 Å². The second-order valence-corrected chi connectivity index (χ2v) is 5.81. The lowest BCUT2D eigenvalue weighted by atomic mass is 10.2. The third-order valence-electron chi connectivity index (χ3n) is 4.04. The summed E-state index contributed by atoms with van der Waals surface area (Å²) in [6.07, 6.45) is 2.90. The van der Waals surface area contributed by atoms with Crippen molar-refractivity contribution in [3.8, 4) is 11.8 Å². The number of para-hydroxylation sites is 1. The van der Waals surface area contributed by atoms with Crippen molar-refractivity contribution >= 4 is 22.9 Å². The molecule has 3 rings (SSSR count). The monoisotopic (exact) mass is 375 g/mol. The van der Waals surface area contributed by atoms with Gasteiger partial charge in [-0.15, -0.1) is 0 Å². The van der Waals surface area contributed by atoms with Gasteiger partial charge in [0.2, 0.25) is 0 Å². The summed E-state index contributed by atoms with van der Waals surface area (Å²) in [7, 11) is 1.58. The van der Waals surface area contributed by atoms with Gasteiger partial charge in [0.25, 0.3) is 5.56 Å². The normalized spacial score (nSPS) is 10.7. The molecule has 0 fully saturated rings. The molecule has 2 aromatic carbocycles. The van der Waals surface area contributed by atoms with Gasteiger partial charge >= 0.3 is 5.97 Å². The van der Waals surface area contributed by atoms with Crippen molar-refractivity contribution in [1.82, 2.24) is 9.55 Å². The molecule has 0 aliphatic carbocycles. The standard InChI is InChI=1S/C21H17N3O4/c1-27-16-9-6-15(7-10-16)8-11-20(25)28-14-19-23-18-5-3-2-4-17(18)21(26)24(19)13-12-22/h2-11H,13-14H2,1H3. The number of hydrogen-bond donors (Lipinski definition) is 0. The molecule has 0 aliphatic rings. The largest absolute Gasteiger partial charge is 0.497 e. The van der Waals surface area contributed by atoms with Crippen molar-refractivity contribution in [3.05, 3.63) is 76.3 Å². The third-order valence-corrected chi connectivity index (χ3v) is 4.04. The number of hydrogen-bond acceptors (Lipinski definition) is 6. The van der Waals surface area contributed by atoms with Crippen LogP contribution >= 0.6 is 0 Å². The predicted molar refractivity (Wildman–Crippen MR) is 103 cm³/mol.